The lowest BCUT2D eigenvalue weighted by atomic mass is 9.95. The topological polar surface area (TPSA) is 78.3 Å². The van der Waals surface area contributed by atoms with Crippen molar-refractivity contribution in [3.05, 3.63) is 29.6 Å². The minimum Gasteiger partial charge on any atom is -0.493 e. The van der Waals surface area contributed by atoms with Crippen LogP contribution in [0.15, 0.2) is 23.4 Å². The van der Waals surface area contributed by atoms with E-state index in [0.29, 0.717) is 35.6 Å². The van der Waals surface area contributed by atoms with Crippen molar-refractivity contribution in [1.29, 1.82) is 0 Å². The van der Waals surface area contributed by atoms with E-state index in [-0.39, 0.29) is 5.91 Å². The van der Waals surface area contributed by atoms with Crippen LogP contribution in [0.4, 0.5) is 0 Å². The summed E-state index contributed by atoms with van der Waals surface area (Å²) in [6.45, 7) is 2.83. The monoisotopic (exact) mass is 430 g/mol. The lowest BCUT2D eigenvalue weighted by molar-refractivity contribution is -0.119. The number of amides is 1. The molecule has 7 nitrogen and oxygen atoms in total. The molecule has 2 aliphatic carbocycles. The minimum absolute atomic E-state index is 0.102. The maximum absolute atomic E-state index is 12.5. The fourth-order valence-corrected chi connectivity index (χ4v) is 5.68. The van der Waals surface area contributed by atoms with Crippen molar-refractivity contribution in [2.75, 3.05) is 20.0 Å². The Balaban J connectivity index is 1.37. The fraction of sp³-hybridized carbons (Fsp3) is 0.591. The molecule has 0 saturated heterocycles. The van der Waals surface area contributed by atoms with Crippen LogP contribution in [0.3, 0.4) is 0 Å². The van der Waals surface area contributed by atoms with Gasteiger partial charge >= 0.3 is 0 Å². The summed E-state index contributed by atoms with van der Waals surface area (Å²) in [5.74, 6) is 4.28. The van der Waals surface area contributed by atoms with Gasteiger partial charge in [-0.2, -0.15) is 0 Å². The summed E-state index contributed by atoms with van der Waals surface area (Å²) in [4.78, 5) is 12.5. The SMILES string of the molecule is CCn1c(Cc2ccc(OC)c(OC)c2)nnc1SCC(=O)N[C@@H]1C[C@H]2CC[C@H]1C2. The molecule has 0 spiro atoms. The Hall–Kier alpha value is -2.22. The molecule has 2 bridgehead atoms. The molecule has 8 heteroatoms. The van der Waals surface area contributed by atoms with Gasteiger partial charge in [0.2, 0.25) is 5.91 Å². The zero-order valence-electron chi connectivity index (χ0n) is 17.9. The predicted molar refractivity (Wildman–Crippen MR) is 116 cm³/mol. The molecule has 2 saturated carbocycles. The Labute approximate surface area is 181 Å². The quantitative estimate of drug-likeness (QED) is 0.615. The van der Waals surface area contributed by atoms with Crippen LogP contribution in [-0.4, -0.2) is 46.7 Å². The van der Waals surface area contributed by atoms with Crippen molar-refractivity contribution in [1.82, 2.24) is 20.1 Å². The highest BCUT2D eigenvalue weighted by atomic mass is 32.2. The third kappa shape index (κ3) is 4.43. The number of rotatable bonds is 9. The maximum atomic E-state index is 12.5. The van der Waals surface area contributed by atoms with Crippen LogP contribution in [0.5, 0.6) is 11.5 Å². The van der Waals surface area contributed by atoms with Crippen molar-refractivity contribution >= 4 is 17.7 Å². The van der Waals surface area contributed by atoms with Gasteiger partial charge in [-0.1, -0.05) is 24.2 Å². The van der Waals surface area contributed by atoms with Gasteiger partial charge in [0, 0.05) is 19.0 Å². The largest absolute Gasteiger partial charge is 0.493 e. The second-order valence-corrected chi connectivity index (χ2v) is 9.09. The number of hydrogen-bond acceptors (Lipinski definition) is 6. The third-order valence-electron chi connectivity index (χ3n) is 6.34. The van der Waals surface area contributed by atoms with E-state index < -0.39 is 0 Å². The molecule has 3 atom stereocenters. The summed E-state index contributed by atoms with van der Waals surface area (Å²) in [6.07, 6.45) is 5.70. The second-order valence-electron chi connectivity index (χ2n) is 8.15. The van der Waals surface area contributed by atoms with Crippen molar-refractivity contribution in [3.63, 3.8) is 0 Å². The van der Waals surface area contributed by atoms with Gasteiger partial charge in [0.15, 0.2) is 16.7 Å². The summed E-state index contributed by atoms with van der Waals surface area (Å²) >= 11 is 1.46. The summed E-state index contributed by atoms with van der Waals surface area (Å²) < 4.78 is 12.8. The van der Waals surface area contributed by atoms with E-state index >= 15 is 0 Å². The van der Waals surface area contributed by atoms with Crippen molar-refractivity contribution in [3.8, 4) is 11.5 Å². The number of thioether (sulfide) groups is 1. The lowest BCUT2D eigenvalue weighted by Gasteiger charge is -2.22. The molecule has 4 rings (SSSR count). The van der Waals surface area contributed by atoms with E-state index in [9.17, 15) is 4.79 Å². The molecule has 2 fully saturated rings. The van der Waals surface area contributed by atoms with Gasteiger partial charge in [0.1, 0.15) is 5.82 Å². The van der Waals surface area contributed by atoms with Gasteiger partial charge in [-0.3, -0.25) is 4.79 Å². The molecule has 1 heterocycles. The molecule has 30 heavy (non-hydrogen) atoms. The maximum Gasteiger partial charge on any atom is 0.230 e. The number of nitrogens with zero attached hydrogens (tertiary/aromatic N) is 3. The van der Waals surface area contributed by atoms with E-state index in [4.69, 9.17) is 9.47 Å². The van der Waals surface area contributed by atoms with Crippen LogP contribution < -0.4 is 14.8 Å². The van der Waals surface area contributed by atoms with Crippen LogP contribution in [-0.2, 0) is 17.8 Å². The Bertz CT molecular complexity index is 901. The molecular formula is C22H30N4O3S. The van der Waals surface area contributed by atoms with Crippen LogP contribution in [0.2, 0.25) is 0 Å². The number of methoxy groups -OCH3 is 2. The van der Waals surface area contributed by atoms with Crippen LogP contribution in [0.25, 0.3) is 0 Å². The number of benzene rings is 1. The predicted octanol–water partition coefficient (Wildman–Crippen LogP) is 3.30. The highest BCUT2D eigenvalue weighted by Gasteiger charge is 2.40. The molecule has 1 aromatic heterocycles. The molecule has 0 radical (unpaired) electrons. The van der Waals surface area contributed by atoms with Gasteiger partial charge in [0.05, 0.1) is 20.0 Å². The highest BCUT2D eigenvalue weighted by molar-refractivity contribution is 7.99. The van der Waals surface area contributed by atoms with Gasteiger partial charge < -0.3 is 19.4 Å². The normalized spacial score (nSPS) is 22.3. The van der Waals surface area contributed by atoms with Gasteiger partial charge in [0.25, 0.3) is 0 Å². The highest BCUT2D eigenvalue weighted by Crippen LogP contribution is 2.44. The van der Waals surface area contributed by atoms with Gasteiger partial charge in [-0.25, -0.2) is 0 Å². The Morgan fingerprint density at radius 2 is 2.03 bits per heavy atom. The number of carbonyl (C=O) groups excluding carboxylic acids is 1. The molecule has 1 aromatic carbocycles. The first-order valence-corrected chi connectivity index (χ1v) is 11.6. The molecule has 1 N–H and O–H groups in total. The lowest BCUT2D eigenvalue weighted by Crippen LogP contribution is -2.39. The first-order chi connectivity index (χ1) is 14.6. The van der Waals surface area contributed by atoms with E-state index in [0.717, 1.165) is 35.4 Å². The van der Waals surface area contributed by atoms with E-state index in [1.807, 2.05) is 18.2 Å². The summed E-state index contributed by atoms with van der Waals surface area (Å²) in [5, 5.41) is 12.8. The van der Waals surface area contributed by atoms with Crippen LogP contribution in [0.1, 0.15) is 44.0 Å². The van der Waals surface area contributed by atoms with Crippen molar-refractivity contribution < 1.29 is 14.3 Å². The van der Waals surface area contributed by atoms with Crippen molar-refractivity contribution in [2.45, 2.75) is 56.8 Å². The van der Waals surface area contributed by atoms with Crippen LogP contribution >= 0.6 is 11.8 Å². The molecule has 162 valence electrons. The molecule has 1 amide bonds. The molecule has 0 unspecified atom stereocenters. The van der Waals surface area contributed by atoms with E-state index in [2.05, 4.69) is 27.0 Å². The number of fused-ring (bicyclic) bond motifs is 2. The average Bonchev–Trinajstić information content (AvgIpc) is 3.47. The number of ether oxygens (including phenoxy) is 2. The van der Waals surface area contributed by atoms with Crippen molar-refractivity contribution in [2.24, 2.45) is 11.8 Å². The van der Waals surface area contributed by atoms with Gasteiger partial charge in [-0.05, 0) is 55.7 Å². The Kier molecular flexibility index (Phi) is 6.51. The smallest absolute Gasteiger partial charge is 0.230 e. The minimum atomic E-state index is 0.102. The number of hydrogen-bond donors (Lipinski definition) is 1. The molecular weight excluding hydrogens is 400 g/mol. The summed E-state index contributed by atoms with van der Waals surface area (Å²) in [6, 6.07) is 6.24. The molecule has 2 aromatic rings. The zero-order chi connectivity index (χ0) is 21.1. The first kappa shape index (κ1) is 21.0. The molecule has 2 aliphatic rings. The Morgan fingerprint density at radius 3 is 2.70 bits per heavy atom. The average molecular weight is 431 g/mol. The fourth-order valence-electron chi connectivity index (χ4n) is 4.85. The number of carbonyl (C=O) groups is 1. The van der Waals surface area contributed by atoms with E-state index in [1.54, 1.807) is 14.2 Å². The zero-order valence-corrected chi connectivity index (χ0v) is 18.7. The molecule has 0 aliphatic heterocycles. The summed E-state index contributed by atoms with van der Waals surface area (Å²) in [5.41, 5.74) is 1.07. The first-order valence-electron chi connectivity index (χ1n) is 10.7. The second kappa shape index (κ2) is 9.29. The third-order valence-corrected chi connectivity index (χ3v) is 7.30. The Morgan fingerprint density at radius 1 is 1.20 bits per heavy atom. The number of aromatic nitrogens is 3. The number of nitrogens with one attached hydrogen (secondary N) is 1. The van der Waals surface area contributed by atoms with Crippen LogP contribution in [0, 0.1) is 11.8 Å². The standard InChI is InChI=1S/C22H30N4O3S/c1-4-26-20(12-15-6-8-18(28-2)19(11-15)29-3)24-25-22(26)30-13-21(27)23-17-10-14-5-7-16(17)9-14/h6,8,11,14,16-17H,4-5,7,9-10,12-13H2,1-3H3,(H,23,27)/t14-,16-,17+/m0/s1. The summed E-state index contributed by atoms with van der Waals surface area (Å²) in [7, 11) is 3.26. The van der Waals surface area contributed by atoms with Gasteiger partial charge in [-0.15, -0.1) is 10.2 Å². The van der Waals surface area contributed by atoms with E-state index in [1.165, 1.54) is 31.0 Å².